The number of fused-ring (bicyclic) bond motifs is 1. The van der Waals surface area contributed by atoms with Gasteiger partial charge in [0.2, 0.25) is 5.82 Å². The third-order valence-corrected chi connectivity index (χ3v) is 5.53. The fraction of sp³-hybridized carbons (Fsp3) is 0.115. The molecule has 0 unspecified atom stereocenters. The van der Waals surface area contributed by atoms with E-state index in [1.807, 2.05) is 42.5 Å². The monoisotopic (exact) mass is 469 g/mol. The fourth-order valence-corrected chi connectivity index (χ4v) is 3.79. The van der Waals surface area contributed by atoms with E-state index in [2.05, 4.69) is 10.1 Å². The van der Waals surface area contributed by atoms with E-state index >= 15 is 0 Å². The van der Waals surface area contributed by atoms with Gasteiger partial charge in [-0.3, -0.25) is 14.5 Å². The number of nitrogens with zero attached hydrogens (tertiary/aromatic N) is 3. The smallest absolute Gasteiger partial charge is 0.338 e. The van der Waals surface area contributed by atoms with Gasteiger partial charge in [-0.1, -0.05) is 47.6 Å². The van der Waals surface area contributed by atoms with Crippen LogP contribution in [0.3, 0.4) is 0 Å². The Bertz CT molecular complexity index is 1430. The van der Waals surface area contributed by atoms with Crippen molar-refractivity contribution in [2.45, 2.75) is 13.2 Å². The van der Waals surface area contributed by atoms with Crippen LogP contribution in [0.25, 0.3) is 11.4 Å². The minimum absolute atomic E-state index is 0.0979. The second-order valence-corrected chi connectivity index (χ2v) is 7.73. The maximum Gasteiger partial charge on any atom is 0.338 e. The first kappa shape index (κ1) is 22.0. The van der Waals surface area contributed by atoms with Gasteiger partial charge in [0.05, 0.1) is 35.9 Å². The third-order valence-electron chi connectivity index (χ3n) is 5.53. The van der Waals surface area contributed by atoms with E-state index < -0.39 is 17.8 Å². The number of imide groups is 1. The molecule has 0 atom stereocenters. The molecule has 2 amide bonds. The first-order valence-electron chi connectivity index (χ1n) is 10.7. The second kappa shape index (κ2) is 9.22. The van der Waals surface area contributed by atoms with Crippen molar-refractivity contribution in [3.05, 3.63) is 101 Å². The maximum absolute atomic E-state index is 12.9. The van der Waals surface area contributed by atoms with E-state index in [0.29, 0.717) is 17.1 Å². The summed E-state index contributed by atoms with van der Waals surface area (Å²) in [5, 5.41) is 3.91. The van der Waals surface area contributed by atoms with Crippen molar-refractivity contribution < 1.29 is 28.4 Å². The molecular weight excluding hydrogens is 450 g/mol. The van der Waals surface area contributed by atoms with Crippen LogP contribution in [0.1, 0.15) is 42.5 Å². The highest BCUT2D eigenvalue weighted by atomic mass is 16.6. The Hall–Kier alpha value is -4.79. The van der Waals surface area contributed by atoms with Crippen molar-refractivity contribution >= 4 is 17.8 Å². The summed E-state index contributed by atoms with van der Waals surface area (Å²) in [6, 6.07) is 20.7. The Morgan fingerprint density at radius 1 is 0.914 bits per heavy atom. The first-order chi connectivity index (χ1) is 17.0. The molecule has 174 valence electrons. The van der Waals surface area contributed by atoms with Crippen molar-refractivity contribution in [2.75, 3.05) is 7.11 Å². The Balaban J connectivity index is 1.27. The van der Waals surface area contributed by atoms with Crippen LogP contribution >= 0.6 is 0 Å². The number of amides is 2. The lowest BCUT2D eigenvalue weighted by Crippen LogP contribution is -2.29. The molecule has 0 aliphatic carbocycles. The van der Waals surface area contributed by atoms with Gasteiger partial charge in [0, 0.05) is 0 Å². The van der Waals surface area contributed by atoms with Crippen molar-refractivity contribution in [1.82, 2.24) is 15.0 Å². The van der Waals surface area contributed by atoms with Gasteiger partial charge < -0.3 is 14.0 Å². The van der Waals surface area contributed by atoms with E-state index in [1.54, 1.807) is 12.1 Å². The van der Waals surface area contributed by atoms with Crippen LogP contribution in [0.4, 0.5) is 0 Å². The van der Waals surface area contributed by atoms with Crippen LogP contribution in [0.15, 0.2) is 77.3 Å². The molecule has 4 aromatic rings. The summed E-state index contributed by atoms with van der Waals surface area (Å²) in [6.45, 7) is -0.107. The zero-order valence-electron chi connectivity index (χ0n) is 18.6. The number of benzene rings is 3. The largest absolute Gasteiger partial charge is 0.496 e. The Morgan fingerprint density at radius 3 is 2.46 bits per heavy atom. The van der Waals surface area contributed by atoms with Crippen LogP contribution in [-0.4, -0.2) is 39.9 Å². The molecule has 1 aliphatic rings. The lowest BCUT2D eigenvalue weighted by molar-refractivity contribution is 0.0429. The molecule has 1 aromatic heterocycles. The van der Waals surface area contributed by atoms with E-state index in [0.717, 1.165) is 10.5 Å². The average molecular weight is 469 g/mol. The van der Waals surface area contributed by atoms with Crippen molar-refractivity contribution in [2.24, 2.45) is 0 Å². The van der Waals surface area contributed by atoms with Crippen LogP contribution < -0.4 is 4.74 Å². The zero-order chi connectivity index (χ0) is 24.4. The summed E-state index contributed by atoms with van der Waals surface area (Å²) in [4.78, 5) is 43.6. The molecule has 3 aromatic carbocycles. The van der Waals surface area contributed by atoms with Crippen molar-refractivity contribution in [3.8, 4) is 17.1 Å². The van der Waals surface area contributed by atoms with Crippen molar-refractivity contribution in [3.63, 3.8) is 0 Å². The number of ether oxygens (including phenoxy) is 2. The summed E-state index contributed by atoms with van der Waals surface area (Å²) in [7, 11) is 1.54. The quantitative estimate of drug-likeness (QED) is 0.296. The predicted molar refractivity (Wildman–Crippen MR) is 122 cm³/mol. The van der Waals surface area contributed by atoms with E-state index in [-0.39, 0.29) is 35.7 Å². The van der Waals surface area contributed by atoms with Gasteiger partial charge in [-0.2, -0.15) is 4.98 Å². The molecule has 0 N–H and O–H groups in total. The molecule has 0 radical (unpaired) electrons. The van der Waals surface area contributed by atoms with Crippen LogP contribution in [-0.2, 0) is 17.9 Å². The fourth-order valence-electron chi connectivity index (χ4n) is 3.79. The number of hydrogen-bond acceptors (Lipinski definition) is 8. The lowest BCUT2D eigenvalue weighted by Gasteiger charge is -2.13. The third kappa shape index (κ3) is 4.26. The maximum atomic E-state index is 12.9. The highest BCUT2D eigenvalue weighted by Crippen LogP contribution is 2.28. The molecule has 1 aliphatic heterocycles. The topological polar surface area (TPSA) is 112 Å². The highest BCUT2D eigenvalue weighted by Gasteiger charge is 2.36. The molecule has 9 nitrogen and oxygen atoms in total. The average Bonchev–Trinajstić information content (AvgIpc) is 3.46. The van der Waals surface area contributed by atoms with Gasteiger partial charge in [-0.15, -0.1) is 0 Å². The van der Waals surface area contributed by atoms with E-state index in [9.17, 15) is 14.4 Å². The normalized spacial score (nSPS) is 12.5. The SMILES string of the molecule is COc1ccccc1-c1noc(COC(=O)c2ccc3c(c2)C(=O)N(Cc2ccccc2)C3=O)n1. The molecule has 2 heterocycles. The minimum atomic E-state index is -0.688. The van der Waals surface area contributed by atoms with E-state index in [1.165, 1.54) is 25.3 Å². The number of carbonyl (C=O) groups excluding carboxylic acids is 3. The van der Waals surface area contributed by atoms with Gasteiger partial charge >= 0.3 is 5.97 Å². The summed E-state index contributed by atoms with van der Waals surface area (Å²) in [5.74, 6) is -0.568. The second-order valence-electron chi connectivity index (χ2n) is 7.73. The molecule has 0 saturated carbocycles. The van der Waals surface area contributed by atoms with Gasteiger partial charge in [0.15, 0.2) is 6.61 Å². The zero-order valence-corrected chi connectivity index (χ0v) is 18.6. The summed E-state index contributed by atoms with van der Waals surface area (Å²) in [6.07, 6.45) is 0. The number of methoxy groups -OCH3 is 1. The van der Waals surface area contributed by atoms with Crippen LogP contribution in [0, 0.1) is 0 Å². The molecule has 9 heteroatoms. The standard InChI is InChI=1S/C26H19N3O6/c1-33-21-10-6-5-9-19(21)23-27-22(35-28-23)15-34-26(32)17-11-12-18-20(13-17)25(31)29(24(18)30)14-16-7-3-2-4-8-16/h2-13H,14-15H2,1H3. The molecule has 0 spiro atoms. The number of para-hydroxylation sites is 1. The number of esters is 1. The minimum Gasteiger partial charge on any atom is -0.496 e. The predicted octanol–water partition coefficient (Wildman–Crippen LogP) is 3.90. The van der Waals surface area contributed by atoms with E-state index in [4.69, 9.17) is 14.0 Å². The molecule has 0 saturated heterocycles. The summed E-state index contributed by atoms with van der Waals surface area (Å²) < 4.78 is 15.8. The van der Waals surface area contributed by atoms with Crippen LogP contribution in [0.5, 0.6) is 5.75 Å². The first-order valence-corrected chi connectivity index (χ1v) is 10.7. The number of hydrogen-bond donors (Lipinski definition) is 0. The Morgan fingerprint density at radius 2 is 1.66 bits per heavy atom. The molecule has 0 fully saturated rings. The molecule has 5 rings (SSSR count). The van der Waals surface area contributed by atoms with Gasteiger partial charge in [-0.05, 0) is 35.9 Å². The Kier molecular flexibility index (Phi) is 5.80. The number of aromatic nitrogens is 2. The van der Waals surface area contributed by atoms with Gasteiger partial charge in [0.25, 0.3) is 17.7 Å². The summed E-state index contributed by atoms with van der Waals surface area (Å²) in [5.41, 5.74) is 2.01. The summed E-state index contributed by atoms with van der Waals surface area (Å²) >= 11 is 0. The van der Waals surface area contributed by atoms with Crippen molar-refractivity contribution in [1.29, 1.82) is 0 Å². The lowest BCUT2D eigenvalue weighted by atomic mass is 10.1. The Labute approximate surface area is 199 Å². The molecular formula is C26H19N3O6. The van der Waals surface area contributed by atoms with Gasteiger partial charge in [0.1, 0.15) is 5.75 Å². The number of rotatable bonds is 7. The molecule has 0 bridgehead atoms. The highest BCUT2D eigenvalue weighted by molar-refractivity contribution is 6.21. The van der Waals surface area contributed by atoms with Crippen LogP contribution in [0.2, 0.25) is 0 Å². The van der Waals surface area contributed by atoms with Gasteiger partial charge in [-0.25, -0.2) is 4.79 Å². The number of carbonyl (C=O) groups is 3. The molecule has 35 heavy (non-hydrogen) atoms.